The van der Waals surface area contributed by atoms with E-state index in [1.807, 2.05) is 0 Å². The number of nitrogens with one attached hydrogen (secondary N) is 1. The van der Waals surface area contributed by atoms with Crippen molar-refractivity contribution in [1.82, 2.24) is 4.98 Å². The lowest BCUT2D eigenvalue weighted by atomic mass is 10.0. The van der Waals surface area contributed by atoms with Gasteiger partial charge in [0.25, 0.3) is 0 Å². The van der Waals surface area contributed by atoms with Gasteiger partial charge < -0.3 is 9.52 Å². The molecule has 2 aromatic heterocycles. The number of hydrogen-bond acceptors (Lipinski definition) is 5. The fraction of sp³-hybridized carbons (Fsp3) is 0.125. The average Bonchev–Trinajstić information content (AvgIpc) is 3.41. The number of phenolic OH excluding ortho intramolecular Hbond substituents is 1. The van der Waals surface area contributed by atoms with Crippen molar-refractivity contribution < 1.29 is 32.1 Å². The number of halogens is 3. The van der Waals surface area contributed by atoms with Crippen LogP contribution in [-0.2, 0) is 12.8 Å². The lowest BCUT2D eigenvalue weighted by Gasteiger charge is -2.12. The molecule has 3 heterocycles. The minimum atomic E-state index is -0.952. The SMILES string of the molecule is O=C1C(Cc2ccco2)Nc2cnc(-c3cccc(O)c3F)c(Cc3c(F)cccc3F)[n+]21. The molecule has 1 unspecified atom stereocenters. The Morgan fingerprint density at radius 1 is 1.06 bits per heavy atom. The number of carbonyl (C=O) groups is 1. The van der Waals surface area contributed by atoms with Crippen molar-refractivity contribution in [3.8, 4) is 17.0 Å². The van der Waals surface area contributed by atoms with Crippen LogP contribution in [-0.4, -0.2) is 22.0 Å². The van der Waals surface area contributed by atoms with E-state index in [9.17, 15) is 23.1 Å². The summed E-state index contributed by atoms with van der Waals surface area (Å²) in [6, 6.07) is 10.1. The van der Waals surface area contributed by atoms with Crippen molar-refractivity contribution in [3.05, 3.63) is 95.5 Å². The number of fused-ring (bicyclic) bond motifs is 1. The number of hydrogen-bond donors (Lipinski definition) is 2. The monoisotopic (exact) mass is 452 g/mol. The van der Waals surface area contributed by atoms with Crippen molar-refractivity contribution in [2.75, 3.05) is 5.32 Å². The summed E-state index contributed by atoms with van der Waals surface area (Å²) in [6.45, 7) is 0. The van der Waals surface area contributed by atoms with E-state index in [2.05, 4.69) is 10.3 Å². The average molecular weight is 452 g/mol. The van der Waals surface area contributed by atoms with Crippen LogP contribution in [0.2, 0.25) is 0 Å². The molecule has 2 aromatic carbocycles. The number of nitrogens with zero attached hydrogens (tertiary/aromatic N) is 2. The second kappa shape index (κ2) is 8.09. The zero-order valence-corrected chi connectivity index (χ0v) is 17.1. The first-order valence-electron chi connectivity index (χ1n) is 10.1. The molecule has 0 bridgehead atoms. The summed E-state index contributed by atoms with van der Waals surface area (Å²) in [4.78, 5) is 17.6. The summed E-state index contributed by atoms with van der Waals surface area (Å²) in [5.41, 5.74) is -0.312. The third kappa shape index (κ3) is 3.61. The van der Waals surface area contributed by atoms with Crippen LogP contribution in [0.15, 0.2) is 65.4 Å². The van der Waals surface area contributed by atoms with Crippen molar-refractivity contribution in [1.29, 1.82) is 0 Å². The molecule has 0 saturated heterocycles. The van der Waals surface area contributed by atoms with Gasteiger partial charge in [-0.25, -0.2) is 22.9 Å². The van der Waals surface area contributed by atoms with Crippen LogP contribution < -0.4 is 9.88 Å². The summed E-state index contributed by atoms with van der Waals surface area (Å²) in [7, 11) is 0. The molecule has 1 aliphatic rings. The van der Waals surface area contributed by atoms with Gasteiger partial charge in [-0.15, -0.1) is 0 Å². The van der Waals surface area contributed by atoms with Gasteiger partial charge in [0, 0.05) is 17.5 Å². The topological polar surface area (TPSA) is 79.2 Å². The first-order valence-corrected chi connectivity index (χ1v) is 10.1. The maximum Gasteiger partial charge on any atom is 0.359 e. The first-order chi connectivity index (χ1) is 15.9. The summed E-state index contributed by atoms with van der Waals surface area (Å²) >= 11 is 0. The highest BCUT2D eigenvalue weighted by Gasteiger charge is 2.42. The number of aromatic nitrogens is 2. The minimum Gasteiger partial charge on any atom is -0.505 e. The molecule has 0 amide bonds. The van der Waals surface area contributed by atoms with Crippen LogP contribution in [0.4, 0.5) is 19.0 Å². The van der Waals surface area contributed by atoms with Crippen LogP contribution in [0.25, 0.3) is 11.3 Å². The van der Waals surface area contributed by atoms with Gasteiger partial charge in [-0.2, -0.15) is 4.57 Å². The Kier molecular flexibility index (Phi) is 5.08. The Bertz CT molecular complexity index is 1350. The van der Waals surface area contributed by atoms with E-state index in [1.54, 1.807) is 12.1 Å². The molecular formula is C24H17F3N3O3+. The molecule has 166 valence electrons. The zero-order valence-electron chi connectivity index (χ0n) is 17.1. The predicted molar refractivity (Wildman–Crippen MR) is 111 cm³/mol. The lowest BCUT2D eigenvalue weighted by Crippen LogP contribution is -2.47. The number of furan rings is 1. The van der Waals surface area contributed by atoms with E-state index < -0.39 is 35.2 Å². The molecule has 0 radical (unpaired) electrons. The van der Waals surface area contributed by atoms with Gasteiger partial charge >= 0.3 is 11.7 Å². The number of aromatic hydroxyl groups is 1. The lowest BCUT2D eigenvalue weighted by molar-refractivity contribution is -0.560. The maximum atomic E-state index is 14.8. The highest BCUT2D eigenvalue weighted by atomic mass is 19.1. The number of benzene rings is 2. The molecule has 1 atom stereocenters. The fourth-order valence-corrected chi connectivity index (χ4v) is 3.99. The smallest absolute Gasteiger partial charge is 0.359 e. The zero-order chi connectivity index (χ0) is 23.1. The molecule has 6 nitrogen and oxygen atoms in total. The van der Waals surface area contributed by atoms with E-state index in [0.717, 1.165) is 12.1 Å². The van der Waals surface area contributed by atoms with Crippen LogP contribution in [0.3, 0.4) is 0 Å². The normalized spacial score (nSPS) is 14.9. The van der Waals surface area contributed by atoms with Gasteiger partial charge in [0.05, 0.1) is 12.7 Å². The molecule has 0 aliphatic carbocycles. The van der Waals surface area contributed by atoms with Crippen LogP contribution >= 0.6 is 0 Å². The quantitative estimate of drug-likeness (QED) is 0.447. The fourth-order valence-electron chi connectivity index (χ4n) is 3.99. The predicted octanol–water partition coefficient (Wildman–Crippen LogP) is 4.02. The molecule has 4 aromatic rings. The Morgan fingerprint density at radius 2 is 1.82 bits per heavy atom. The summed E-state index contributed by atoms with van der Waals surface area (Å²) in [6.07, 6.45) is 2.70. The first kappa shape index (κ1) is 20.7. The molecule has 0 spiro atoms. The number of rotatable bonds is 5. The molecule has 1 aliphatic heterocycles. The van der Waals surface area contributed by atoms with E-state index in [-0.39, 0.29) is 35.4 Å². The molecule has 0 saturated carbocycles. The molecular weight excluding hydrogens is 435 g/mol. The Labute approximate surface area is 186 Å². The maximum absolute atomic E-state index is 14.8. The van der Waals surface area contributed by atoms with E-state index in [0.29, 0.717) is 11.6 Å². The van der Waals surface area contributed by atoms with Gasteiger partial charge in [-0.3, -0.25) is 5.32 Å². The summed E-state index contributed by atoms with van der Waals surface area (Å²) in [5, 5.41) is 12.9. The third-order valence-corrected chi connectivity index (χ3v) is 5.57. The van der Waals surface area contributed by atoms with Crippen molar-refractivity contribution >= 4 is 11.7 Å². The molecule has 9 heteroatoms. The molecule has 2 N–H and O–H groups in total. The van der Waals surface area contributed by atoms with Crippen molar-refractivity contribution in [2.24, 2.45) is 0 Å². The summed E-state index contributed by atoms with van der Waals surface area (Å²) in [5.74, 6) is -2.70. The Morgan fingerprint density at radius 3 is 2.55 bits per heavy atom. The highest BCUT2D eigenvalue weighted by Crippen LogP contribution is 2.31. The number of phenols is 1. The van der Waals surface area contributed by atoms with Gasteiger partial charge in [-0.1, -0.05) is 12.1 Å². The second-order valence-electron chi connectivity index (χ2n) is 7.61. The Hall–Kier alpha value is -4.14. The largest absolute Gasteiger partial charge is 0.505 e. The standard InChI is InChI=1S/C24H16F3N3O3/c25-16-6-2-7-17(26)15(16)11-19-23(14-5-1-8-20(31)22(14)27)28-12-21-29-18(24(32)30(19)21)10-13-4-3-9-33-13/h1-9,12,18,31H,10-11H2/p+1. The Balaban J connectivity index is 1.67. The van der Waals surface area contributed by atoms with Gasteiger partial charge in [0.15, 0.2) is 11.6 Å². The van der Waals surface area contributed by atoms with Crippen molar-refractivity contribution in [3.63, 3.8) is 0 Å². The minimum absolute atomic E-state index is 0.0106. The second-order valence-corrected chi connectivity index (χ2v) is 7.61. The number of anilines is 1. The van der Waals surface area contributed by atoms with Gasteiger partial charge in [0.2, 0.25) is 6.04 Å². The molecule has 5 rings (SSSR count). The van der Waals surface area contributed by atoms with E-state index >= 15 is 0 Å². The summed E-state index contributed by atoms with van der Waals surface area (Å²) < 4.78 is 50.4. The molecule has 0 fully saturated rings. The van der Waals surface area contributed by atoms with Crippen LogP contribution in [0.5, 0.6) is 5.75 Å². The van der Waals surface area contributed by atoms with Gasteiger partial charge in [0.1, 0.15) is 35.0 Å². The van der Waals surface area contributed by atoms with Crippen molar-refractivity contribution in [2.45, 2.75) is 18.9 Å². The third-order valence-electron chi connectivity index (χ3n) is 5.57. The van der Waals surface area contributed by atoms with Crippen LogP contribution in [0.1, 0.15) is 21.8 Å². The van der Waals surface area contributed by atoms with Crippen LogP contribution in [0, 0.1) is 17.5 Å². The van der Waals surface area contributed by atoms with E-state index in [1.165, 1.54) is 41.3 Å². The number of carbonyl (C=O) groups excluding carboxylic acids is 1. The van der Waals surface area contributed by atoms with E-state index in [4.69, 9.17) is 4.42 Å². The van der Waals surface area contributed by atoms with Gasteiger partial charge in [-0.05, 0) is 36.4 Å². The molecule has 33 heavy (non-hydrogen) atoms. The highest BCUT2D eigenvalue weighted by molar-refractivity contribution is 5.82.